The Morgan fingerprint density at radius 3 is 2.89 bits per heavy atom. The third-order valence-corrected chi connectivity index (χ3v) is 3.43. The van der Waals surface area contributed by atoms with Crippen LogP contribution in [0.4, 0.5) is 11.6 Å². The van der Waals surface area contributed by atoms with E-state index < -0.39 is 0 Å². The molecular weight excluding hydrogens is 240 g/mol. The van der Waals surface area contributed by atoms with E-state index in [-0.39, 0.29) is 6.10 Å². The molecule has 106 valence electrons. The lowest BCUT2D eigenvalue weighted by Gasteiger charge is -2.27. The first-order valence-corrected chi connectivity index (χ1v) is 7.02. The highest BCUT2D eigenvalue weighted by atomic mass is 16.5. The Bertz CT molecular complexity index is 422. The van der Waals surface area contributed by atoms with Crippen LogP contribution in [0.1, 0.15) is 38.7 Å². The summed E-state index contributed by atoms with van der Waals surface area (Å²) in [6.07, 6.45) is 2.93. The zero-order valence-electron chi connectivity index (χ0n) is 12.3. The predicted octanol–water partition coefficient (Wildman–Crippen LogP) is 2.26. The molecule has 1 aliphatic rings. The van der Waals surface area contributed by atoms with E-state index in [0.29, 0.717) is 5.92 Å². The summed E-state index contributed by atoms with van der Waals surface area (Å²) in [6, 6.07) is 0. The first-order chi connectivity index (χ1) is 9.13. The molecule has 1 saturated heterocycles. The van der Waals surface area contributed by atoms with Crippen molar-refractivity contribution < 1.29 is 4.74 Å². The van der Waals surface area contributed by atoms with Gasteiger partial charge in [-0.2, -0.15) is 0 Å². The Balaban J connectivity index is 2.37. The van der Waals surface area contributed by atoms with Crippen LogP contribution in [0.25, 0.3) is 0 Å². The smallest absolute Gasteiger partial charge is 0.137 e. The summed E-state index contributed by atoms with van der Waals surface area (Å²) in [5.74, 6) is 2.36. The van der Waals surface area contributed by atoms with E-state index in [9.17, 15) is 0 Å². The molecule has 0 bridgehead atoms. The number of anilines is 2. The van der Waals surface area contributed by atoms with Crippen molar-refractivity contribution >= 4 is 11.6 Å². The van der Waals surface area contributed by atoms with Gasteiger partial charge in [0.05, 0.1) is 6.10 Å². The quantitative estimate of drug-likeness (QED) is 0.907. The monoisotopic (exact) mass is 264 g/mol. The van der Waals surface area contributed by atoms with Crippen molar-refractivity contribution in [2.24, 2.45) is 0 Å². The zero-order chi connectivity index (χ0) is 13.8. The predicted molar refractivity (Wildman–Crippen MR) is 77.9 cm³/mol. The fraction of sp³-hybridized carbons (Fsp3) is 0.714. The van der Waals surface area contributed by atoms with Crippen LogP contribution in [0, 0.1) is 0 Å². The van der Waals surface area contributed by atoms with Gasteiger partial charge in [-0.15, -0.1) is 0 Å². The average molecular weight is 264 g/mol. The minimum Gasteiger partial charge on any atom is -0.377 e. The highest BCUT2D eigenvalue weighted by molar-refractivity contribution is 5.60. The van der Waals surface area contributed by atoms with Gasteiger partial charge in [0.1, 0.15) is 18.0 Å². The fourth-order valence-corrected chi connectivity index (χ4v) is 2.56. The molecule has 2 rings (SSSR count). The maximum Gasteiger partial charge on any atom is 0.137 e. The second kappa shape index (κ2) is 6.19. The Labute approximate surface area is 115 Å². The molecule has 1 atom stereocenters. The molecule has 0 spiro atoms. The lowest BCUT2D eigenvalue weighted by Crippen LogP contribution is -2.32. The van der Waals surface area contributed by atoms with Crippen LogP contribution in [-0.4, -0.2) is 42.8 Å². The van der Waals surface area contributed by atoms with Crippen molar-refractivity contribution in [3.05, 3.63) is 11.9 Å². The molecule has 0 saturated carbocycles. The van der Waals surface area contributed by atoms with E-state index in [1.807, 2.05) is 7.05 Å². The Kier molecular flexibility index (Phi) is 4.58. The second-order valence-corrected chi connectivity index (χ2v) is 5.35. The number of nitrogens with zero attached hydrogens (tertiary/aromatic N) is 3. The average Bonchev–Trinajstić information content (AvgIpc) is 2.62. The van der Waals surface area contributed by atoms with Gasteiger partial charge >= 0.3 is 0 Å². The molecule has 5 nitrogen and oxygen atoms in total. The molecule has 1 aliphatic heterocycles. The van der Waals surface area contributed by atoms with Crippen LogP contribution in [0.5, 0.6) is 0 Å². The Morgan fingerprint density at radius 2 is 2.21 bits per heavy atom. The summed E-state index contributed by atoms with van der Waals surface area (Å²) in [6.45, 7) is 9.19. The van der Waals surface area contributed by atoms with E-state index in [1.165, 1.54) is 5.56 Å². The molecule has 0 aliphatic carbocycles. The summed E-state index contributed by atoms with van der Waals surface area (Å²) in [5, 5.41) is 3.17. The molecule has 1 aromatic rings. The first kappa shape index (κ1) is 14.1. The topological polar surface area (TPSA) is 50.3 Å². The van der Waals surface area contributed by atoms with Crippen molar-refractivity contribution in [1.82, 2.24) is 9.97 Å². The molecule has 0 amide bonds. The van der Waals surface area contributed by atoms with Crippen molar-refractivity contribution in [2.45, 2.75) is 39.2 Å². The molecule has 1 unspecified atom stereocenters. The number of hydrogen-bond donors (Lipinski definition) is 1. The molecule has 0 radical (unpaired) electrons. The van der Waals surface area contributed by atoms with Crippen LogP contribution < -0.4 is 10.2 Å². The van der Waals surface area contributed by atoms with Crippen molar-refractivity contribution in [1.29, 1.82) is 0 Å². The fourth-order valence-electron chi connectivity index (χ4n) is 2.56. The van der Waals surface area contributed by atoms with Gasteiger partial charge in [-0.3, -0.25) is 0 Å². The van der Waals surface area contributed by atoms with Crippen LogP contribution in [0.15, 0.2) is 6.33 Å². The number of ether oxygens (including phenoxy) is 1. The van der Waals surface area contributed by atoms with Gasteiger partial charge in [-0.1, -0.05) is 13.8 Å². The van der Waals surface area contributed by atoms with Gasteiger partial charge in [0.25, 0.3) is 0 Å². The van der Waals surface area contributed by atoms with Gasteiger partial charge in [0.2, 0.25) is 0 Å². The number of aromatic nitrogens is 2. The zero-order valence-corrected chi connectivity index (χ0v) is 12.3. The van der Waals surface area contributed by atoms with E-state index in [4.69, 9.17) is 4.74 Å². The third kappa shape index (κ3) is 3.15. The van der Waals surface area contributed by atoms with Gasteiger partial charge in [0, 0.05) is 32.3 Å². The number of nitrogens with one attached hydrogen (secondary N) is 1. The molecule has 1 fully saturated rings. The van der Waals surface area contributed by atoms with Crippen LogP contribution in [0.3, 0.4) is 0 Å². The van der Waals surface area contributed by atoms with Gasteiger partial charge < -0.3 is 15.0 Å². The number of rotatable bonds is 3. The van der Waals surface area contributed by atoms with E-state index in [0.717, 1.165) is 37.8 Å². The second-order valence-electron chi connectivity index (χ2n) is 5.35. The largest absolute Gasteiger partial charge is 0.377 e. The Hall–Kier alpha value is -1.36. The summed E-state index contributed by atoms with van der Waals surface area (Å²) in [4.78, 5) is 11.2. The van der Waals surface area contributed by atoms with E-state index in [1.54, 1.807) is 6.33 Å². The normalized spacial score (nSPS) is 20.5. The van der Waals surface area contributed by atoms with Crippen molar-refractivity contribution in [3.63, 3.8) is 0 Å². The molecule has 19 heavy (non-hydrogen) atoms. The van der Waals surface area contributed by atoms with Crippen molar-refractivity contribution in [2.75, 3.05) is 37.0 Å². The molecule has 0 aromatic carbocycles. The lowest BCUT2D eigenvalue weighted by molar-refractivity contribution is 0.0820. The van der Waals surface area contributed by atoms with Gasteiger partial charge in [0.15, 0.2) is 0 Å². The lowest BCUT2D eigenvalue weighted by atomic mass is 10.0. The molecule has 1 aromatic heterocycles. The highest BCUT2D eigenvalue weighted by Crippen LogP contribution is 2.31. The minimum absolute atomic E-state index is 0.246. The molecule has 2 heterocycles. The van der Waals surface area contributed by atoms with Gasteiger partial charge in [-0.25, -0.2) is 9.97 Å². The summed E-state index contributed by atoms with van der Waals surface area (Å²) in [5.41, 5.74) is 1.19. The summed E-state index contributed by atoms with van der Waals surface area (Å²) < 4.78 is 5.71. The maximum atomic E-state index is 5.71. The molecule has 5 heteroatoms. The van der Waals surface area contributed by atoms with Crippen LogP contribution in [0.2, 0.25) is 0 Å². The van der Waals surface area contributed by atoms with E-state index >= 15 is 0 Å². The third-order valence-electron chi connectivity index (χ3n) is 3.43. The SMILES string of the molecule is CNc1ncnc(N2CCCOC(C)C2)c1C(C)C. The summed E-state index contributed by atoms with van der Waals surface area (Å²) >= 11 is 0. The van der Waals surface area contributed by atoms with E-state index in [2.05, 4.69) is 41.0 Å². The minimum atomic E-state index is 0.246. The van der Waals surface area contributed by atoms with Gasteiger partial charge in [-0.05, 0) is 19.3 Å². The Morgan fingerprint density at radius 1 is 1.42 bits per heavy atom. The number of hydrogen-bond acceptors (Lipinski definition) is 5. The summed E-state index contributed by atoms with van der Waals surface area (Å²) in [7, 11) is 1.91. The molecular formula is C14H24N4O. The van der Waals surface area contributed by atoms with Crippen molar-refractivity contribution in [3.8, 4) is 0 Å². The molecule has 1 N–H and O–H groups in total. The van der Waals surface area contributed by atoms with Crippen LogP contribution >= 0.6 is 0 Å². The van der Waals surface area contributed by atoms with Crippen LogP contribution in [-0.2, 0) is 4.74 Å². The first-order valence-electron chi connectivity index (χ1n) is 7.02. The standard InChI is InChI=1S/C14H24N4O/c1-10(2)12-13(15-4)16-9-17-14(12)18-6-5-7-19-11(3)8-18/h9-11H,5-8H2,1-4H3,(H,15,16,17). The highest BCUT2D eigenvalue weighted by Gasteiger charge is 2.22. The maximum absolute atomic E-state index is 5.71.